The van der Waals surface area contributed by atoms with Gasteiger partial charge in [0.2, 0.25) is 0 Å². The molecule has 4 rings (SSSR count). The second-order valence-electron chi connectivity index (χ2n) is 6.23. The van der Waals surface area contributed by atoms with Gasteiger partial charge >= 0.3 is 0 Å². The Labute approximate surface area is 145 Å². The Morgan fingerprint density at radius 2 is 2.04 bits per heavy atom. The Bertz CT molecular complexity index is 876. The molecule has 5 heteroatoms. The fraction of sp³-hybridized carbons (Fsp3) is 0.150. The molecule has 1 unspecified atom stereocenters. The second-order valence-corrected chi connectivity index (χ2v) is 6.23. The highest BCUT2D eigenvalue weighted by Crippen LogP contribution is 2.35. The maximum absolute atomic E-state index is 13.0. The molecular weight excluding hydrogens is 317 g/mol. The van der Waals surface area contributed by atoms with Crippen molar-refractivity contribution in [3.05, 3.63) is 88.8 Å². The number of H-pyrrole nitrogens is 1. The minimum atomic E-state index is -0.233. The fourth-order valence-electron chi connectivity index (χ4n) is 3.19. The first-order chi connectivity index (χ1) is 12.2. The van der Waals surface area contributed by atoms with Gasteiger partial charge in [-0.25, -0.2) is 4.39 Å². The van der Waals surface area contributed by atoms with Crippen molar-refractivity contribution in [1.29, 1.82) is 0 Å². The molecule has 126 valence electrons. The van der Waals surface area contributed by atoms with E-state index in [1.165, 1.54) is 12.1 Å². The van der Waals surface area contributed by atoms with E-state index in [2.05, 4.69) is 15.6 Å². The van der Waals surface area contributed by atoms with Gasteiger partial charge < -0.3 is 15.6 Å². The van der Waals surface area contributed by atoms with E-state index in [0.717, 1.165) is 34.6 Å². The average Bonchev–Trinajstić information content (AvgIpc) is 3.23. The molecule has 1 aromatic heterocycles. The zero-order chi connectivity index (χ0) is 17.2. The SMILES string of the molecule is O=C1NC2=CC=C(NCc3ccc(F)cc3)CC2/C1=C/c1ccc[nH]1. The van der Waals surface area contributed by atoms with Gasteiger partial charge in [-0.1, -0.05) is 12.1 Å². The number of aromatic amines is 1. The molecule has 4 nitrogen and oxygen atoms in total. The van der Waals surface area contributed by atoms with E-state index in [1.54, 1.807) is 12.1 Å². The molecule has 2 aromatic rings. The highest BCUT2D eigenvalue weighted by atomic mass is 19.1. The summed E-state index contributed by atoms with van der Waals surface area (Å²) in [7, 11) is 0. The van der Waals surface area contributed by atoms with Gasteiger partial charge in [0.15, 0.2) is 0 Å². The number of hydrogen-bond donors (Lipinski definition) is 3. The Kier molecular flexibility index (Phi) is 3.98. The maximum Gasteiger partial charge on any atom is 0.252 e. The normalized spacial score (nSPS) is 20.8. The van der Waals surface area contributed by atoms with Gasteiger partial charge in [0, 0.05) is 41.3 Å². The van der Waals surface area contributed by atoms with Crippen LogP contribution in [0.2, 0.25) is 0 Å². The lowest BCUT2D eigenvalue weighted by Crippen LogP contribution is -2.19. The van der Waals surface area contributed by atoms with Crippen LogP contribution < -0.4 is 10.6 Å². The van der Waals surface area contributed by atoms with Crippen molar-refractivity contribution in [1.82, 2.24) is 15.6 Å². The molecule has 1 aromatic carbocycles. The van der Waals surface area contributed by atoms with Crippen LogP contribution in [0.3, 0.4) is 0 Å². The molecule has 1 aliphatic carbocycles. The number of rotatable bonds is 4. The van der Waals surface area contributed by atoms with Gasteiger partial charge in [-0.2, -0.15) is 0 Å². The molecule has 25 heavy (non-hydrogen) atoms. The largest absolute Gasteiger partial charge is 0.384 e. The predicted octanol–water partition coefficient (Wildman–Crippen LogP) is 3.24. The summed E-state index contributed by atoms with van der Waals surface area (Å²) in [5.41, 5.74) is 4.70. The number of hydrogen-bond acceptors (Lipinski definition) is 2. The Hall–Kier alpha value is -3.08. The molecule has 0 saturated carbocycles. The Morgan fingerprint density at radius 3 is 2.80 bits per heavy atom. The summed E-state index contributed by atoms with van der Waals surface area (Å²) in [6, 6.07) is 10.3. The molecule has 2 aliphatic rings. The molecule has 1 fully saturated rings. The maximum atomic E-state index is 13.0. The van der Waals surface area contributed by atoms with Crippen molar-refractivity contribution in [2.75, 3.05) is 0 Å². The van der Waals surface area contributed by atoms with E-state index < -0.39 is 0 Å². The topological polar surface area (TPSA) is 56.9 Å². The third-order valence-corrected chi connectivity index (χ3v) is 4.52. The number of benzene rings is 1. The van der Waals surface area contributed by atoms with Crippen molar-refractivity contribution >= 4 is 12.0 Å². The number of carbonyl (C=O) groups excluding carboxylic acids is 1. The summed E-state index contributed by atoms with van der Waals surface area (Å²) in [5, 5.41) is 6.33. The molecule has 1 atom stereocenters. The molecular formula is C20H18FN3O. The summed E-state index contributed by atoms with van der Waals surface area (Å²) < 4.78 is 13.0. The van der Waals surface area contributed by atoms with Crippen LogP contribution in [0.4, 0.5) is 4.39 Å². The summed E-state index contributed by atoms with van der Waals surface area (Å²) in [6.07, 6.45) is 8.43. The molecule has 0 spiro atoms. The molecule has 1 aliphatic heterocycles. The van der Waals surface area contributed by atoms with Crippen LogP contribution in [0.25, 0.3) is 6.08 Å². The first-order valence-corrected chi connectivity index (χ1v) is 8.24. The number of aromatic nitrogens is 1. The minimum Gasteiger partial charge on any atom is -0.384 e. The smallest absolute Gasteiger partial charge is 0.252 e. The quantitative estimate of drug-likeness (QED) is 0.751. The number of nitrogens with one attached hydrogen (secondary N) is 3. The van der Waals surface area contributed by atoms with Gasteiger partial charge in [-0.05, 0) is 54.5 Å². The molecule has 1 amide bonds. The lowest BCUT2D eigenvalue weighted by molar-refractivity contribution is -0.115. The van der Waals surface area contributed by atoms with Gasteiger partial charge in [-0.3, -0.25) is 4.79 Å². The van der Waals surface area contributed by atoms with E-state index in [4.69, 9.17) is 0 Å². The van der Waals surface area contributed by atoms with Crippen molar-refractivity contribution in [3.8, 4) is 0 Å². The Morgan fingerprint density at radius 1 is 1.20 bits per heavy atom. The third kappa shape index (κ3) is 3.26. The first-order valence-electron chi connectivity index (χ1n) is 8.24. The number of halogens is 1. The van der Waals surface area contributed by atoms with E-state index >= 15 is 0 Å². The van der Waals surface area contributed by atoms with Gasteiger partial charge in [0.05, 0.1) is 0 Å². The standard InChI is InChI=1S/C20H18FN3O/c21-14-5-3-13(4-6-14)12-23-16-7-8-19-17(10-16)18(20(25)24-19)11-15-2-1-9-22-15/h1-9,11,17,22-23H,10,12H2,(H,24,25)/b18-11-. The molecule has 2 heterocycles. The summed E-state index contributed by atoms with van der Waals surface area (Å²) in [5.74, 6) is -0.238. The van der Waals surface area contributed by atoms with Crippen molar-refractivity contribution < 1.29 is 9.18 Å². The monoisotopic (exact) mass is 335 g/mol. The summed E-state index contributed by atoms with van der Waals surface area (Å²) in [6.45, 7) is 0.624. The van der Waals surface area contributed by atoms with E-state index in [9.17, 15) is 9.18 Å². The first kappa shape index (κ1) is 15.4. The highest BCUT2D eigenvalue weighted by molar-refractivity contribution is 6.03. The van der Waals surface area contributed by atoms with E-state index in [1.807, 2.05) is 36.6 Å². The van der Waals surface area contributed by atoms with Crippen molar-refractivity contribution in [3.63, 3.8) is 0 Å². The lowest BCUT2D eigenvalue weighted by atomic mass is 9.90. The van der Waals surface area contributed by atoms with Crippen LogP contribution in [0.1, 0.15) is 17.7 Å². The van der Waals surface area contributed by atoms with Crippen LogP contribution in [-0.4, -0.2) is 10.9 Å². The van der Waals surface area contributed by atoms with E-state index in [-0.39, 0.29) is 17.6 Å². The summed E-state index contributed by atoms with van der Waals surface area (Å²) >= 11 is 0. The Balaban J connectivity index is 1.48. The van der Waals surface area contributed by atoms with Gasteiger partial charge in [-0.15, -0.1) is 0 Å². The number of fused-ring (bicyclic) bond motifs is 1. The van der Waals surface area contributed by atoms with Crippen molar-refractivity contribution in [2.45, 2.75) is 13.0 Å². The summed E-state index contributed by atoms with van der Waals surface area (Å²) in [4.78, 5) is 15.4. The van der Waals surface area contributed by atoms with Crippen LogP contribution in [0.15, 0.2) is 71.7 Å². The second kappa shape index (κ2) is 6.43. The zero-order valence-electron chi connectivity index (χ0n) is 13.6. The molecule has 0 radical (unpaired) electrons. The van der Waals surface area contributed by atoms with Gasteiger partial charge in [0.25, 0.3) is 5.91 Å². The third-order valence-electron chi connectivity index (χ3n) is 4.52. The van der Waals surface area contributed by atoms with Crippen LogP contribution in [-0.2, 0) is 11.3 Å². The average molecular weight is 335 g/mol. The molecule has 3 N–H and O–H groups in total. The number of carbonyl (C=O) groups is 1. The highest BCUT2D eigenvalue weighted by Gasteiger charge is 2.34. The van der Waals surface area contributed by atoms with Crippen molar-refractivity contribution in [2.24, 2.45) is 5.92 Å². The lowest BCUT2D eigenvalue weighted by Gasteiger charge is -2.20. The number of allylic oxidation sites excluding steroid dienone is 4. The molecule has 0 bridgehead atoms. The molecule has 1 saturated heterocycles. The minimum absolute atomic E-state index is 0.0384. The van der Waals surface area contributed by atoms with Crippen LogP contribution in [0.5, 0.6) is 0 Å². The number of amides is 1. The van der Waals surface area contributed by atoms with Gasteiger partial charge in [0.1, 0.15) is 5.82 Å². The van der Waals surface area contributed by atoms with Crippen LogP contribution >= 0.6 is 0 Å². The zero-order valence-corrected chi connectivity index (χ0v) is 13.6. The predicted molar refractivity (Wildman–Crippen MR) is 94.4 cm³/mol. The van der Waals surface area contributed by atoms with E-state index in [0.29, 0.717) is 6.54 Å². The van der Waals surface area contributed by atoms with Crippen LogP contribution in [0, 0.1) is 11.7 Å². The fourth-order valence-corrected chi connectivity index (χ4v) is 3.19.